The number of nitrogens with two attached hydrogens (primary N) is 1. The van der Waals surface area contributed by atoms with Gasteiger partial charge in [-0.2, -0.15) is 0 Å². The molecular formula is C22H31FN2O. The lowest BCUT2D eigenvalue weighted by Gasteiger charge is -2.34. The molecule has 0 amide bonds. The van der Waals surface area contributed by atoms with Crippen molar-refractivity contribution >= 4 is 0 Å². The maximum absolute atomic E-state index is 13.1. The molecule has 1 heterocycles. The summed E-state index contributed by atoms with van der Waals surface area (Å²) < 4.78 is 13.1. The molecule has 0 bridgehead atoms. The van der Waals surface area contributed by atoms with Gasteiger partial charge in [0.15, 0.2) is 0 Å². The largest absolute Gasteiger partial charge is 0.390 e. The first-order valence-corrected chi connectivity index (χ1v) is 9.84. The van der Waals surface area contributed by atoms with Crippen LogP contribution >= 0.6 is 0 Å². The Balaban J connectivity index is 1.39. The number of allylic oxidation sites excluding steroid dienone is 4. The van der Waals surface area contributed by atoms with Gasteiger partial charge in [-0.1, -0.05) is 42.0 Å². The lowest BCUT2D eigenvalue weighted by atomic mass is 9.87. The fraction of sp³-hybridized carbons (Fsp3) is 0.545. The van der Waals surface area contributed by atoms with Gasteiger partial charge in [0.2, 0.25) is 0 Å². The molecule has 1 aromatic rings. The predicted octanol–water partition coefficient (Wildman–Crippen LogP) is 3.59. The molecule has 142 valence electrons. The second-order valence-electron chi connectivity index (χ2n) is 7.81. The van der Waals surface area contributed by atoms with Crippen molar-refractivity contribution in [2.75, 3.05) is 19.6 Å². The third-order valence-electron chi connectivity index (χ3n) is 5.70. The molecule has 1 aromatic carbocycles. The number of piperidine rings is 1. The number of hydrogen-bond donors (Lipinski definition) is 2. The van der Waals surface area contributed by atoms with E-state index in [0.29, 0.717) is 25.3 Å². The minimum Gasteiger partial charge on any atom is -0.390 e. The first-order chi connectivity index (χ1) is 12.6. The van der Waals surface area contributed by atoms with Crippen molar-refractivity contribution in [1.29, 1.82) is 0 Å². The third kappa shape index (κ3) is 5.76. The van der Waals surface area contributed by atoms with E-state index in [1.165, 1.54) is 11.1 Å². The summed E-state index contributed by atoms with van der Waals surface area (Å²) in [5, 5.41) is 10.5. The van der Waals surface area contributed by atoms with E-state index in [9.17, 15) is 9.50 Å². The molecule has 1 fully saturated rings. The number of rotatable bonds is 7. The van der Waals surface area contributed by atoms with Gasteiger partial charge in [-0.25, -0.2) is 4.39 Å². The summed E-state index contributed by atoms with van der Waals surface area (Å²) in [5.74, 6) is 0.687. The number of hydrogen-bond acceptors (Lipinski definition) is 3. The molecule has 0 spiro atoms. The van der Waals surface area contributed by atoms with Crippen molar-refractivity contribution in [3.63, 3.8) is 0 Å². The Morgan fingerprint density at radius 3 is 2.50 bits per heavy atom. The number of likely N-dealkylation sites (tertiary alicyclic amines) is 1. The minimum absolute atomic E-state index is 0.00407. The predicted molar refractivity (Wildman–Crippen MR) is 104 cm³/mol. The Kier molecular flexibility index (Phi) is 7.00. The normalized spacial score (nSPS) is 21.8. The lowest BCUT2D eigenvalue weighted by Crippen LogP contribution is -2.46. The highest BCUT2D eigenvalue weighted by molar-refractivity contribution is 5.21. The summed E-state index contributed by atoms with van der Waals surface area (Å²) in [5.41, 5.74) is 8.76. The molecule has 1 aliphatic carbocycles. The van der Waals surface area contributed by atoms with Crippen LogP contribution in [0, 0.1) is 5.92 Å². The summed E-state index contributed by atoms with van der Waals surface area (Å²) in [6.07, 6.45) is 8.61. The summed E-state index contributed by atoms with van der Waals surface area (Å²) in [6, 6.07) is 9.88. The fourth-order valence-corrected chi connectivity index (χ4v) is 3.99. The molecule has 2 aliphatic rings. The highest BCUT2D eigenvalue weighted by Gasteiger charge is 2.24. The maximum atomic E-state index is 13.1. The second-order valence-corrected chi connectivity index (χ2v) is 7.81. The molecule has 2 unspecified atom stereocenters. The van der Waals surface area contributed by atoms with Crippen molar-refractivity contribution in [2.24, 2.45) is 11.7 Å². The highest BCUT2D eigenvalue weighted by atomic mass is 19.1. The number of aliphatic hydroxyl groups is 1. The van der Waals surface area contributed by atoms with Crippen LogP contribution in [-0.2, 0) is 6.42 Å². The van der Waals surface area contributed by atoms with E-state index in [2.05, 4.69) is 17.0 Å². The van der Waals surface area contributed by atoms with Crippen molar-refractivity contribution < 1.29 is 9.50 Å². The van der Waals surface area contributed by atoms with Gasteiger partial charge in [0, 0.05) is 19.0 Å². The molecule has 1 saturated heterocycles. The highest BCUT2D eigenvalue weighted by Crippen LogP contribution is 2.29. The number of benzene rings is 1. The van der Waals surface area contributed by atoms with Crippen molar-refractivity contribution in [1.82, 2.24) is 4.90 Å². The lowest BCUT2D eigenvalue weighted by molar-refractivity contribution is 0.0725. The Bertz CT molecular complexity index is 620. The van der Waals surface area contributed by atoms with Crippen LogP contribution in [0.15, 0.2) is 53.9 Å². The van der Waals surface area contributed by atoms with Crippen LogP contribution < -0.4 is 5.73 Å². The van der Waals surface area contributed by atoms with Gasteiger partial charge >= 0.3 is 0 Å². The molecule has 0 aromatic heterocycles. The first-order valence-electron chi connectivity index (χ1n) is 9.84. The van der Waals surface area contributed by atoms with Crippen molar-refractivity contribution in [2.45, 2.75) is 50.7 Å². The molecule has 1 aliphatic heterocycles. The van der Waals surface area contributed by atoms with E-state index in [1.807, 2.05) is 24.3 Å². The van der Waals surface area contributed by atoms with Gasteiger partial charge in [-0.05, 0) is 62.8 Å². The molecule has 4 heteroatoms. The molecule has 2 atom stereocenters. The molecular weight excluding hydrogens is 327 g/mol. The Morgan fingerprint density at radius 2 is 1.85 bits per heavy atom. The molecule has 3 rings (SSSR count). The maximum Gasteiger partial charge on any atom is 0.100 e. The fourth-order valence-electron chi connectivity index (χ4n) is 3.99. The van der Waals surface area contributed by atoms with Crippen LogP contribution in [0.25, 0.3) is 0 Å². The zero-order chi connectivity index (χ0) is 18.4. The van der Waals surface area contributed by atoms with Crippen LogP contribution in [0.3, 0.4) is 0 Å². The van der Waals surface area contributed by atoms with Crippen molar-refractivity contribution in [3.8, 4) is 0 Å². The average Bonchev–Trinajstić information content (AvgIpc) is 2.66. The monoisotopic (exact) mass is 358 g/mol. The van der Waals surface area contributed by atoms with E-state index >= 15 is 0 Å². The van der Waals surface area contributed by atoms with Gasteiger partial charge < -0.3 is 15.7 Å². The topological polar surface area (TPSA) is 49.5 Å². The second kappa shape index (κ2) is 9.45. The standard InChI is InChI=1S/C22H31FN2O/c23-20-8-6-18(7-9-20)14-19-10-12-25(13-11-19)16-22(26)21(24)15-17-4-2-1-3-5-17/h1-6,8,19,21-22,26H,7,9-16,24H2. The summed E-state index contributed by atoms with van der Waals surface area (Å²) in [6.45, 7) is 2.67. The smallest absolute Gasteiger partial charge is 0.100 e. The Hall–Kier alpha value is -1.49. The van der Waals surface area contributed by atoms with Gasteiger partial charge in [0.05, 0.1) is 6.10 Å². The number of halogens is 1. The summed E-state index contributed by atoms with van der Waals surface area (Å²) in [7, 11) is 0. The van der Waals surface area contributed by atoms with E-state index in [-0.39, 0.29) is 11.9 Å². The van der Waals surface area contributed by atoms with E-state index in [1.54, 1.807) is 6.08 Å². The molecule has 0 saturated carbocycles. The zero-order valence-electron chi connectivity index (χ0n) is 15.5. The first kappa shape index (κ1) is 19.3. The van der Waals surface area contributed by atoms with Crippen LogP contribution in [-0.4, -0.2) is 41.8 Å². The zero-order valence-corrected chi connectivity index (χ0v) is 15.5. The van der Waals surface area contributed by atoms with E-state index < -0.39 is 6.10 Å². The molecule has 26 heavy (non-hydrogen) atoms. The van der Waals surface area contributed by atoms with E-state index in [0.717, 1.165) is 38.8 Å². The van der Waals surface area contributed by atoms with Crippen LogP contribution in [0.2, 0.25) is 0 Å². The van der Waals surface area contributed by atoms with E-state index in [4.69, 9.17) is 5.73 Å². The average molecular weight is 359 g/mol. The molecule has 0 radical (unpaired) electrons. The van der Waals surface area contributed by atoms with Gasteiger partial charge in [0.1, 0.15) is 5.83 Å². The van der Waals surface area contributed by atoms with Gasteiger partial charge in [-0.3, -0.25) is 0 Å². The molecule has 3 nitrogen and oxygen atoms in total. The van der Waals surface area contributed by atoms with Crippen LogP contribution in [0.5, 0.6) is 0 Å². The quantitative estimate of drug-likeness (QED) is 0.783. The van der Waals surface area contributed by atoms with Gasteiger partial charge in [0.25, 0.3) is 0 Å². The SMILES string of the molecule is NC(Cc1ccccc1)C(O)CN1CCC(CC2=CC=C(F)CC2)CC1. The van der Waals surface area contributed by atoms with Crippen molar-refractivity contribution in [3.05, 3.63) is 59.4 Å². The molecule has 3 N–H and O–H groups in total. The van der Waals surface area contributed by atoms with Crippen LogP contribution in [0.4, 0.5) is 4.39 Å². The Morgan fingerprint density at radius 1 is 1.12 bits per heavy atom. The van der Waals surface area contributed by atoms with Crippen LogP contribution in [0.1, 0.15) is 37.7 Å². The minimum atomic E-state index is -0.499. The Labute approximate surface area is 156 Å². The number of β-amino-alcohol motifs (C(OH)–C–C–N with tert-alkyl or cyclic N) is 1. The van der Waals surface area contributed by atoms with Gasteiger partial charge in [-0.15, -0.1) is 0 Å². The summed E-state index contributed by atoms with van der Waals surface area (Å²) in [4.78, 5) is 2.33. The summed E-state index contributed by atoms with van der Waals surface area (Å²) >= 11 is 0. The number of nitrogens with zero attached hydrogens (tertiary/aromatic N) is 1. The number of aliphatic hydroxyl groups excluding tert-OH is 1. The third-order valence-corrected chi connectivity index (χ3v) is 5.70.